The zero-order chi connectivity index (χ0) is 12.5. The molecule has 0 aliphatic carbocycles. The van der Waals surface area contributed by atoms with E-state index in [0.717, 1.165) is 22.8 Å². The van der Waals surface area contributed by atoms with Gasteiger partial charge in [0.1, 0.15) is 0 Å². The minimum absolute atomic E-state index is 1.00. The minimum Gasteiger partial charge on any atom is -0.349 e. The average Bonchev–Trinajstić information content (AvgIpc) is 2.98. The summed E-state index contributed by atoms with van der Waals surface area (Å²) in [4.78, 5) is 4.74. The second-order valence-electron chi connectivity index (χ2n) is 4.42. The van der Waals surface area contributed by atoms with E-state index in [1.54, 1.807) is 0 Å². The third kappa shape index (κ3) is 1.74. The van der Waals surface area contributed by atoms with Gasteiger partial charge >= 0.3 is 0 Å². The van der Waals surface area contributed by atoms with Crippen molar-refractivity contribution in [3.05, 3.63) is 54.9 Å². The van der Waals surface area contributed by atoms with Crippen LogP contribution in [0, 0.1) is 0 Å². The van der Waals surface area contributed by atoms with Crippen LogP contribution < -0.4 is 0 Å². The van der Waals surface area contributed by atoms with Crippen LogP contribution in [0.25, 0.3) is 22.8 Å². The molecular formula is C15H15N3. The van der Waals surface area contributed by atoms with Crippen LogP contribution in [0.4, 0.5) is 0 Å². The Morgan fingerprint density at radius 2 is 1.22 bits per heavy atom. The van der Waals surface area contributed by atoms with Crippen molar-refractivity contribution in [2.45, 2.75) is 0 Å². The molecule has 3 nitrogen and oxygen atoms in total. The zero-order valence-corrected chi connectivity index (χ0v) is 10.5. The molecule has 0 aliphatic heterocycles. The molecule has 3 rings (SSSR count). The smallest absolute Gasteiger partial charge is 0.0874 e. The van der Waals surface area contributed by atoms with Gasteiger partial charge in [0, 0.05) is 26.5 Å². The van der Waals surface area contributed by atoms with Gasteiger partial charge in [-0.15, -0.1) is 0 Å². The lowest BCUT2D eigenvalue weighted by Crippen LogP contribution is -1.95. The number of aromatic nitrogens is 3. The van der Waals surface area contributed by atoms with Gasteiger partial charge in [-0.05, 0) is 36.4 Å². The molecule has 0 atom stereocenters. The molecule has 3 aromatic heterocycles. The lowest BCUT2D eigenvalue weighted by Gasteiger charge is -2.06. The molecular weight excluding hydrogens is 222 g/mol. The van der Waals surface area contributed by atoms with Gasteiger partial charge in [0.2, 0.25) is 0 Å². The van der Waals surface area contributed by atoms with E-state index in [-0.39, 0.29) is 0 Å². The Labute approximate surface area is 106 Å². The number of hydrogen-bond donors (Lipinski definition) is 0. The normalized spacial score (nSPS) is 10.8. The molecule has 0 spiro atoms. The van der Waals surface area contributed by atoms with Crippen molar-refractivity contribution in [1.29, 1.82) is 0 Å². The molecule has 0 unspecified atom stereocenters. The summed E-state index contributed by atoms with van der Waals surface area (Å²) in [7, 11) is 4.07. The van der Waals surface area contributed by atoms with Gasteiger partial charge in [-0.25, -0.2) is 4.98 Å². The molecule has 0 saturated heterocycles. The molecule has 3 heteroatoms. The molecule has 0 radical (unpaired) electrons. The highest BCUT2D eigenvalue weighted by molar-refractivity contribution is 5.62. The van der Waals surface area contributed by atoms with Crippen LogP contribution in [0.5, 0.6) is 0 Å². The highest BCUT2D eigenvalue weighted by atomic mass is 15.0. The topological polar surface area (TPSA) is 22.8 Å². The first kappa shape index (κ1) is 10.8. The maximum Gasteiger partial charge on any atom is 0.0874 e. The number of hydrogen-bond acceptors (Lipinski definition) is 1. The molecule has 3 heterocycles. The van der Waals surface area contributed by atoms with Gasteiger partial charge < -0.3 is 9.13 Å². The quantitative estimate of drug-likeness (QED) is 0.671. The summed E-state index contributed by atoms with van der Waals surface area (Å²) >= 11 is 0. The molecule has 0 bridgehead atoms. The fraction of sp³-hybridized carbons (Fsp3) is 0.133. The molecule has 0 N–H and O–H groups in total. The second-order valence-corrected chi connectivity index (χ2v) is 4.42. The summed E-state index contributed by atoms with van der Waals surface area (Å²) in [6.45, 7) is 0. The van der Waals surface area contributed by atoms with Gasteiger partial charge in [0.05, 0.1) is 22.8 Å². The van der Waals surface area contributed by atoms with Crippen molar-refractivity contribution >= 4 is 0 Å². The Balaban J connectivity index is 2.11. The van der Waals surface area contributed by atoms with Crippen LogP contribution in [-0.4, -0.2) is 14.1 Å². The van der Waals surface area contributed by atoms with E-state index >= 15 is 0 Å². The van der Waals surface area contributed by atoms with Crippen LogP contribution in [0.15, 0.2) is 54.9 Å². The zero-order valence-electron chi connectivity index (χ0n) is 10.5. The first-order valence-electron chi connectivity index (χ1n) is 5.96. The third-order valence-electron chi connectivity index (χ3n) is 3.16. The SMILES string of the molecule is Cn1cccc1-c1cccc(-c2cccn2C)n1. The van der Waals surface area contributed by atoms with Crippen molar-refractivity contribution in [1.82, 2.24) is 14.1 Å². The average molecular weight is 237 g/mol. The largest absolute Gasteiger partial charge is 0.349 e. The van der Waals surface area contributed by atoms with Crippen LogP contribution in [0.2, 0.25) is 0 Å². The molecule has 0 aromatic carbocycles. The predicted molar refractivity (Wildman–Crippen MR) is 73.1 cm³/mol. The number of aryl methyl sites for hydroxylation is 2. The number of rotatable bonds is 2. The van der Waals surface area contributed by atoms with Gasteiger partial charge in [-0.1, -0.05) is 6.07 Å². The van der Waals surface area contributed by atoms with E-state index in [1.807, 2.05) is 50.8 Å². The summed E-state index contributed by atoms with van der Waals surface area (Å²) in [6.07, 6.45) is 4.07. The van der Waals surface area contributed by atoms with Crippen LogP contribution in [-0.2, 0) is 14.1 Å². The van der Waals surface area contributed by atoms with E-state index < -0.39 is 0 Å². The lowest BCUT2D eigenvalue weighted by atomic mass is 10.2. The number of nitrogens with zero attached hydrogens (tertiary/aromatic N) is 3. The summed E-state index contributed by atoms with van der Waals surface area (Å²) < 4.78 is 4.16. The van der Waals surface area contributed by atoms with Crippen molar-refractivity contribution in [2.75, 3.05) is 0 Å². The molecule has 0 amide bonds. The van der Waals surface area contributed by atoms with Gasteiger partial charge in [0.15, 0.2) is 0 Å². The van der Waals surface area contributed by atoms with Crippen molar-refractivity contribution in [3.8, 4) is 22.8 Å². The summed E-state index contributed by atoms with van der Waals surface area (Å²) in [5, 5.41) is 0. The molecule has 3 aromatic rings. The van der Waals surface area contributed by atoms with E-state index in [4.69, 9.17) is 4.98 Å². The lowest BCUT2D eigenvalue weighted by molar-refractivity contribution is 0.922. The van der Waals surface area contributed by atoms with Crippen molar-refractivity contribution in [2.24, 2.45) is 14.1 Å². The fourth-order valence-electron chi connectivity index (χ4n) is 2.17. The predicted octanol–water partition coefficient (Wildman–Crippen LogP) is 3.09. The molecule has 0 saturated carbocycles. The summed E-state index contributed by atoms with van der Waals surface area (Å²) in [6, 6.07) is 14.4. The van der Waals surface area contributed by atoms with E-state index in [1.165, 1.54) is 0 Å². The van der Waals surface area contributed by atoms with E-state index in [0.29, 0.717) is 0 Å². The summed E-state index contributed by atoms with van der Waals surface area (Å²) in [5.41, 5.74) is 4.26. The second kappa shape index (κ2) is 4.18. The van der Waals surface area contributed by atoms with Gasteiger partial charge in [0.25, 0.3) is 0 Å². The maximum atomic E-state index is 4.74. The Bertz CT molecular complexity index is 621. The van der Waals surface area contributed by atoms with Crippen LogP contribution in [0.3, 0.4) is 0 Å². The Kier molecular flexibility index (Phi) is 2.52. The molecule has 0 fully saturated rings. The molecule has 18 heavy (non-hydrogen) atoms. The van der Waals surface area contributed by atoms with Crippen molar-refractivity contribution in [3.63, 3.8) is 0 Å². The fourth-order valence-corrected chi connectivity index (χ4v) is 2.17. The van der Waals surface area contributed by atoms with Crippen molar-refractivity contribution < 1.29 is 0 Å². The van der Waals surface area contributed by atoms with Gasteiger partial charge in [-0.2, -0.15) is 0 Å². The monoisotopic (exact) mass is 237 g/mol. The minimum atomic E-state index is 1.00. The number of pyridine rings is 1. The molecule has 0 aliphatic rings. The Hall–Kier alpha value is -2.29. The Morgan fingerprint density at radius 1 is 0.722 bits per heavy atom. The first-order valence-corrected chi connectivity index (χ1v) is 5.96. The third-order valence-corrected chi connectivity index (χ3v) is 3.16. The highest BCUT2D eigenvalue weighted by Crippen LogP contribution is 2.22. The van der Waals surface area contributed by atoms with E-state index in [2.05, 4.69) is 27.3 Å². The first-order chi connectivity index (χ1) is 8.75. The van der Waals surface area contributed by atoms with Gasteiger partial charge in [-0.3, -0.25) is 0 Å². The molecule has 90 valence electrons. The standard InChI is InChI=1S/C15H15N3/c1-17-10-4-8-14(17)12-6-3-7-13(16-12)15-9-5-11-18(15)2/h3-11H,1-2H3. The van der Waals surface area contributed by atoms with E-state index in [9.17, 15) is 0 Å². The van der Waals surface area contributed by atoms with Crippen LogP contribution in [0.1, 0.15) is 0 Å². The maximum absolute atomic E-state index is 4.74. The highest BCUT2D eigenvalue weighted by Gasteiger charge is 2.07. The Morgan fingerprint density at radius 3 is 1.61 bits per heavy atom. The summed E-state index contributed by atoms with van der Waals surface area (Å²) in [5.74, 6) is 0. The van der Waals surface area contributed by atoms with Crippen LogP contribution >= 0.6 is 0 Å².